The predicted octanol–water partition coefficient (Wildman–Crippen LogP) is 0.254. The summed E-state index contributed by atoms with van der Waals surface area (Å²) in [4.78, 5) is 34.1. The lowest BCUT2D eigenvalue weighted by Crippen LogP contribution is -2.39. The van der Waals surface area contributed by atoms with Crippen LogP contribution in [0.3, 0.4) is 0 Å². The summed E-state index contributed by atoms with van der Waals surface area (Å²) < 4.78 is 20.4. The van der Waals surface area contributed by atoms with E-state index < -0.39 is 24.5 Å². The van der Waals surface area contributed by atoms with Crippen LogP contribution in [0.15, 0.2) is 12.1 Å². The lowest BCUT2D eigenvalue weighted by Gasteiger charge is -2.14. The molecule has 0 bridgehead atoms. The molecule has 0 aromatic heterocycles. The maximum absolute atomic E-state index is 11.8. The standard InChI is InChI=1S/C15H20N2O7/c1-16-15(20)17-12(18)8-24-13(19)7-9-5-10(21-2)14(23-4)11(6-9)22-3/h5-6H,7-8H2,1-4H3,(H2,16,17,18,20). The van der Waals surface area contributed by atoms with Crippen molar-refractivity contribution >= 4 is 17.9 Å². The van der Waals surface area contributed by atoms with Gasteiger partial charge in [0.25, 0.3) is 5.91 Å². The van der Waals surface area contributed by atoms with Crippen molar-refractivity contribution in [1.29, 1.82) is 0 Å². The van der Waals surface area contributed by atoms with Crippen molar-refractivity contribution in [3.05, 3.63) is 17.7 Å². The van der Waals surface area contributed by atoms with Gasteiger partial charge >= 0.3 is 12.0 Å². The van der Waals surface area contributed by atoms with E-state index in [-0.39, 0.29) is 6.42 Å². The fourth-order valence-electron chi connectivity index (χ4n) is 1.83. The molecule has 1 rings (SSSR count). The van der Waals surface area contributed by atoms with E-state index in [1.165, 1.54) is 28.4 Å². The molecule has 9 heteroatoms. The maximum Gasteiger partial charge on any atom is 0.321 e. The summed E-state index contributed by atoms with van der Waals surface area (Å²) in [5.74, 6) is -0.167. The zero-order valence-corrected chi connectivity index (χ0v) is 13.9. The fourth-order valence-corrected chi connectivity index (χ4v) is 1.83. The summed E-state index contributed by atoms with van der Waals surface area (Å²) in [6.07, 6.45) is -0.107. The first-order valence-electron chi connectivity index (χ1n) is 6.91. The molecule has 0 unspecified atom stereocenters. The van der Waals surface area contributed by atoms with Gasteiger partial charge in [0.1, 0.15) is 0 Å². The Balaban J connectivity index is 2.70. The maximum atomic E-state index is 11.8. The van der Waals surface area contributed by atoms with Crippen LogP contribution in [-0.4, -0.2) is 52.9 Å². The zero-order valence-electron chi connectivity index (χ0n) is 13.9. The molecule has 0 aliphatic carbocycles. The van der Waals surface area contributed by atoms with Gasteiger partial charge < -0.3 is 24.3 Å². The molecule has 0 aliphatic heterocycles. The Labute approximate surface area is 139 Å². The molecule has 0 heterocycles. The highest BCUT2D eigenvalue weighted by Crippen LogP contribution is 2.38. The number of imide groups is 1. The van der Waals surface area contributed by atoms with Crippen LogP contribution in [0.1, 0.15) is 5.56 Å². The van der Waals surface area contributed by atoms with Gasteiger partial charge in [0.2, 0.25) is 5.75 Å². The quantitative estimate of drug-likeness (QED) is 0.684. The third kappa shape index (κ3) is 5.34. The van der Waals surface area contributed by atoms with E-state index in [9.17, 15) is 14.4 Å². The third-order valence-electron chi connectivity index (χ3n) is 2.92. The van der Waals surface area contributed by atoms with Gasteiger partial charge in [-0.05, 0) is 17.7 Å². The van der Waals surface area contributed by atoms with Gasteiger partial charge in [0.05, 0.1) is 27.8 Å². The summed E-state index contributed by atoms with van der Waals surface area (Å²) in [6, 6.07) is 2.53. The lowest BCUT2D eigenvalue weighted by molar-refractivity contribution is -0.147. The number of rotatable bonds is 7. The average molecular weight is 340 g/mol. The van der Waals surface area contributed by atoms with Gasteiger partial charge in [-0.3, -0.25) is 14.9 Å². The molecular formula is C15H20N2O7. The Morgan fingerprint density at radius 2 is 1.58 bits per heavy atom. The van der Waals surface area contributed by atoms with Crippen molar-refractivity contribution in [2.24, 2.45) is 0 Å². The molecule has 0 radical (unpaired) electrons. The number of hydrogen-bond donors (Lipinski definition) is 2. The Hall–Kier alpha value is -2.97. The summed E-state index contributed by atoms with van der Waals surface area (Å²) in [5.41, 5.74) is 0.557. The van der Waals surface area contributed by atoms with E-state index in [0.29, 0.717) is 22.8 Å². The van der Waals surface area contributed by atoms with Crippen molar-refractivity contribution < 1.29 is 33.3 Å². The molecule has 2 N–H and O–H groups in total. The number of methoxy groups -OCH3 is 3. The van der Waals surface area contributed by atoms with Crippen molar-refractivity contribution in [3.63, 3.8) is 0 Å². The normalized spacial score (nSPS) is 9.67. The number of esters is 1. The SMILES string of the molecule is CNC(=O)NC(=O)COC(=O)Cc1cc(OC)c(OC)c(OC)c1. The van der Waals surface area contributed by atoms with Gasteiger partial charge in [-0.15, -0.1) is 0 Å². The van der Waals surface area contributed by atoms with Crippen molar-refractivity contribution in [2.45, 2.75) is 6.42 Å². The second-order valence-corrected chi connectivity index (χ2v) is 4.50. The van der Waals surface area contributed by atoms with E-state index in [4.69, 9.17) is 18.9 Å². The average Bonchev–Trinajstić information content (AvgIpc) is 2.58. The summed E-state index contributed by atoms with van der Waals surface area (Å²) in [7, 11) is 5.75. The summed E-state index contributed by atoms with van der Waals surface area (Å²) in [6.45, 7) is -0.559. The van der Waals surface area contributed by atoms with Gasteiger partial charge in [-0.1, -0.05) is 0 Å². The number of nitrogens with one attached hydrogen (secondary N) is 2. The predicted molar refractivity (Wildman–Crippen MR) is 83.4 cm³/mol. The van der Waals surface area contributed by atoms with Crippen molar-refractivity contribution in [1.82, 2.24) is 10.6 Å². The highest BCUT2D eigenvalue weighted by Gasteiger charge is 2.16. The van der Waals surface area contributed by atoms with Gasteiger partial charge in [-0.2, -0.15) is 0 Å². The van der Waals surface area contributed by atoms with Crippen molar-refractivity contribution in [2.75, 3.05) is 35.0 Å². The van der Waals surface area contributed by atoms with E-state index in [1.807, 2.05) is 5.32 Å². The van der Waals surface area contributed by atoms with E-state index in [2.05, 4.69) is 5.32 Å². The fraction of sp³-hybridized carbons (Fsp3) is 0.400. The summed E-state index contributed by atoms with van der Waals surface area (Å²) >= 11 is 0. The molecule has 1 aromatic rings. The topological polar surface area (TPSA) is 112 Å². The Morgan fingerprint density at radius 1 is 1.00 bits per heavy atom. The Kier molecular flexibility index (Phi) is 7.34. The smallest absolute Gasteiger partial charge is 0.321 e. The monoisotopic (exact) mass is 340 g/mol. The zero-order chi connectivity index (χ0) is 18.1. The number of carbonyl (C=O) groups is 3. The minimum atomic E-state index is -0.729. The van der Waals surface area contributed by atoms with Crippen LogP contribution in [0.2, 0.25) is 0 Å². The minimum absolute atomic E-state index is 0.107. The van der Waals surface area contributed by atoms with E-state index in [1.54, 1.807) is 12.1 Å². The number of urea groups is 1. The molecule has 0 spiro atoms. The third-order valence-corrected chi connectivity index (χ3v) is 2.92. The van der Waals surface area contributed by atoms with Crippen LogP contribution in [0.4, 0.5) is 4.79 Å². The molecule has 24 heavy (non-hydrogen) atoms. The van der Waals surface area contributed by atoms with E-state index in [0.717, 1.165) is 0 Å². The Morgan fingerprint density at radius 3 is 2.04 bits per heavy atom. The molecule has 0 saturated carbocycles. The van der Waals surface area contributed by atoms with Gasteiger partial charge in [-0.25, -0.2) is 4.79 Å². The molecule has 0 saturated heterocycles. The van der Waals surface area contributed by atoms with Crippen LogP contribution >= 0.6 is 0 Å². The first-order chi connectivity index (χ1) is 11.4. The molecule has 9 nitrogen and oxygen atoms in total. The largest absolute Gasteiger partial charge is 0.493 e. The van der Waals surface area contributed by atoms with Crippen molar-refractivity contribution in [3.8, 4) is 17.2 Å². The summed E-state index contributed by atoms with van der Waals surface area (Å²) in [5, 5.41) is 4.19. The first-order valence-corrected chi connectivity index (χ1v) is 6.91. The molecule has 1 aromatic carbocycles. The van der Waals surface area contributed by atoms with Gasteiger partial charge in [0, 0.05) is 7.05 Å². The van der Waals surface area contributed by atoms with Crippen LogP contribution < -0.4 is 24.8 Å². The number of ether oxygens (including phenoxy) is 4. The van der Waals surface area contributed by atoms with Gasteiger partial charge in [0.15, 0.2) is 18.1 Å². The Bertz CT molecular complexity index is 591. The molecule has 0 aliphatic rings. The molecule has 3 amide bonds. The number of hydrogen-bond acceptors (Lipinski definition) is 7. The van der Waals surface area contributed by atoms with Crippen LogP contribution in [0.25, 0.3) is 0 Å². The van der Waals surface area contributed by atoms with Crippen LogP contribution in [-0.2, 0) is 20.7 Å². The highest BCUT2D eigenvalue weighted by molar-refractivity contribution is 5.95. The number of benzene rings is 1. The van der Waals surface area contributed by atoms with Crippen LogP contribution in [0.5, 0.6) is 17.2 Å². The molecule has 132 valence electrons. The second-order valence-electron chi connectivity index (χ2n) is 4.50. The minimum Gasteiger partial charge on any atom is -0.493 e. The molecule has 0 atom stereocenters. The number of carbonyl (C=O) groups excluding carboxylic acids is 3. The highest BCUT2D eigenvalue weighted by atomic mass is 16.5. The first kappa shape index (κ1) is 19.1. The molecular weight excluding hydrogens is 320 g/mol. The lowest BCUT2D eigenvalue weighted by atomic mass is 10.1. The second kappa shape index (κ2) is 9.23. The van der Waals surface area contributed by atoms with E-state index >= 15 is 0 Å². The van der Waals surface area contributed by atoms with Crippen LogP contribution in [0, 0.1) is 0 Å². The molecule has 0 fully saturated rings. The number of amides is 3.